The minimum atomic E-state index is -0.0732. The van der Waals surface area contributed by atoms with E-state index in [-0.39, 0.29) is 11.7 Å². The Labute approximate surface area is 155 Å². The first kappa shape index (κ1) is 18.6. The molecule has 1 aromatic carbocycles. The summed E-state index contributed by atoms with van der Waals surface area (Å²) in [7, 11) is 0. The maximum absolute atomic E-state index is 12.5. The monoisotopic (exact) mass is 378 g/mol. The van der Waals surface area contributed by atoms with Gasteiger partial charge in [-0.25, -0.2) is 4.98 Å². The Bertz CT molecular complexity index is 701. The van der Waals surface area contributed by atoms with Crippen LogP contribution in [0.5, 0.6) is 0 Å². The molecule has 1 aromatic heterocycles. The molecule has 0 atom stereocenters. The zero-order valence-corrected chi connectivity index (χ0v) is 15.8. The van der Waals surface area contributed by atoms with Crippen molar-refractivity contribution in [2.24, 2.45) is 0 Å². The fraction of sp³-hybridized carbons (Fsp3) is 0.235. The van der Waals surface area contributed by atoms with Crippen molar-refractivity contribution in [3.05, 3.63) is 48.4 Å². The molecule has 2 aromatic rings. The third-order valence-corrected chi connectivity index (χ3v) is 5.06. The number of anilines is 1. The van der Waals surface area contributed by atoms with Gasteiger partial charge in [-0.15, -0.1) is 17.9 Å². The van der Waals surface area contributed by atoms with Crippen molar-refractivity contribution in [1.29, 1.82) is 0 Å². The van der Waals surface area contributed by atoms with Gasteiger partial charge in [0.25, 0.3) is 0 Å². The lowest BCUT2D eigenvalue weighted by molar-refractivity contribution is -0.116. The molecular formula is C17H18N2O2S3. The number of carbonyl (C=O) groups is 1. The van der Waals surface area contributed by atoms with E-state index in [1.807, 2.05) is 42.6 Å². The standard InChI is InChI=1S/C17H18N2O2S3/c1-3-10-19(15(20)12-24-17(22)21-4-2)16-18-14(11-23-16)13-8-6-5-7-9-13/h3,5-9,11H,1,4,10,12H2,2H3. The fourth-order valence-electron chi connectivity index (χ4n) is 1.90. The van der Waals surface area contributed by atoms with Crippen LogP contribution < -0.4 is 4.90 Å². The van der Waals surface area contributed by atoms with Crippen LogP contribution in [0.2, 0.25) is 0 Å². The van der Waals surface area contributed by atoms with Crippen molar-refractivity contribution >= 4 is 50.7 Å². The van der Waals surface area contributed by atoms with E-state index in [9.17, 15) is 4.79 Å². The van der Waals surface area contributed by atoms with Gasteiger partial charge in [0.1, 0.15) is 0 Å². The number of benzene rings is 1. The summed E-state index contributed by atoms with van der Waals surface area (Å²) in [5.74, 6) is 0.142. The summed E-state index contributed by atoms with van der Waals surface area (Å²) in [4.78, 5) is 18.7. The largest absolute Gasteiger partial charge is 0.479 e. The molecule has 24 heavy (non-hydrogen) atoms. The Morgan fingerprint density at radius 2 is 2.21 bits per heavy atom. The van der Waals surface area contributed by atoms with E-state index in [0.717, 1.165) is 11.3 Å². The van der Waals surface area contributed by atoms with Gasteiger partial charge in [0, 0.05) is 17.5 Å². The molecule has 0 bridgehead atoms. The molecule has 0 saturated carbocycles. The number of ether oxygens (including phenoxy) is 1. The van der Waals surface area contributed by atoms with E-state index in [1.54, 1.807) is 11.0 Å². The number of hydrogen-bond donors (Lipinski definition) is 0. The van der Waals surface area contributed by atoms with Gasteiger partial charge in [0.05, 0.1) is 18.1 Å². The quantitative estimate of drug-likeness (QED) is 0.528. The van der Waals surface area contributed by atoms with E-state index in [4.69, 9.17) is 17.0 Å². The van der Waals surface area contributed by atoms with Gasteiger partial charge in [0.15, 0.2) is 5.13 Å². The first-order chi connectivity index (χ1) is 11.7. The maximum Gasteiger partial charge on any atom is 0.239 e. The van der Waals surface area contributed by atoms with Crippen molar-refractivity contribution in [3.8, 4) is 11.3 Å². The lowest BCUT2D eigenvalue weighted by Gasteiger charge is -2.17. The number of hydrogen-bond acceptors (Lipinski definition) is 6. The smallest absolute Gasteiger partial charge is 0.239 e. The van der Waals surface area contributed by atoms with E-state index < -0.39 is 0 Å². The number of amides is 1. The van der Waals surface area contributed by atoms with Crippen molar-refractivity contribution < 1.29 is 9.53 Å². The summed E-state index contributed by atoms with van der Waals surface area (Å²) in [6.45, 7) is 6.49. The maximum atomic E-state index is 12.5. The summed E-state index contributed by atoms with van der Waals surface area (Å²) in [5, 5.41) is 2.60. The second-order valence-corrected chi connectivity index (χ2v) is 7.06. The number of thiazole rings is 1. The molecule has 7 heteroatoms. The molecular weight excluding hydrogens is 360 g/mol. The predicted octanol–water partition coefficient (Wildman–Crippen LogP) is 4.38. The van der Waals surface area contributed by atoms with Gasteiger partial charge in [-0.3, -0.25) is 9.69 Å². The van der Waals surface area contributed by atoms with E-state index in [0.29, 0.717) is 22.7 Å². The molecule has 1 heterocycles. The summed E-state index contributed by atoms with van der Waals surface area (Å²) in [5.41, 5.74) is 1.88. The highest BCUT2D eigenvalue weighted by Crippen LogP contribution is 2.27. The number of aromatic nitrogens is 1. The Kier molecular flexibility index (Phi) is 7.42. The zero-order valence-electron chi connectivity index (χ0n) is 13.3. The summed E-state index contributed by atoms with van der Waals surface area (Å²) in [6.07, 6.45) is 1.69. The molecule has 0 unspecified atom stereocenters. The van der Waals surface area contributed by atoms with Gasteiger partial charge >= 0.3 is 0 Å². The lowest BCUT2D eigenvalue weighted by atomic mass is 10.2. The van der Waals surface area contributed by atoms with Crippen LogP contribution in [0.15, 0.2) is 48.4 Å². The summed E-state index contributed by atoms with van der Waals surface area (Å²) in [6, 6.07) is 9.88. The topological polar surface area (TPSA) is 42.4 Å². The third kappa shape index (κ3) is 5.15. The van der Waals surface area contributed by atoms with Gasteiger partial charge in [0.2, 0.25) is 10.3 Å². The Morgan fingerprint density at radius 1 is 1.46 bits per heavy atom. The number of carbonyl (C=O) groups excluding carboxylic acids is 1. The SMILES string of the molecule is C=CCN(C(=O)CSC(=S)OCC)c1nc(-c2ccccc2)cs1. The second-order valence-electron chi connectivity index (χ2n) is 4.65. The Morgan fingerprint density at radius 3 is 2.88 bits per heavy atom. The lowest BCUT2D eigenvalue weighted by Crippen LogP contribution is -2.32. The fourth-order valence-corrected chi connectivity index (χ4v) is 3.66. The number of thiocarbonyl (C=S) groups is 1. The molecule has 0 aliphatic heterocycles. The van der Waals surface area contributed by atoms with Gasteiger partial charge in [-0.05, 0) is 19.1 Å². The molecule has 0 spiro atoms. The average molecular weight is 379 g/mol. The van der Waals surface area contributed by atoms with Crippen molar-refractivity contribution in [1.82, 2.24) is 4.98 Å². The van der Waals surface area contributed by atoms with Crippen LogP contribution in [-0.2, 0) is 9.53 Å². The summed E-state index contributed by atoms with van der Waals surface area (Å²) < 4.78 is 5.57. The van der Waals surface area contributed by atoms with Gasteiger partial charge in [-0.2, -0.15) is 0 Å². The number of rotatable bonds is 7. The van der Waals surface area contributed by atoms with E-state index in [1.165, 1.54) is 23.1 Å². The second kappa shape index (κ2) is 9.56. The van der Waals surface area contributed by atoms with Gasteiger partial charge < -0.3 is 4.74 Å². The minimum Gasteiger partial charge on any atom is -0.479 e. The van der Waals surface area contributed by atoms with Crippen LogP contribution in [0, 0.1) is 0 Å². The van der Waals surface area contributed by atoms with Gasteiger partial charge in [-0.1, -0.05) is 48.2 Å². The van der Waals surface area contributed by atoms with Crippen molar-refractivity contribution in [3.63, 3.8) is 0 Å². The first-order valence-corrected chi connectivity index (χ1v) is 9.64. The Hall–Kier alpha value is -1.70. The molecule has 1 amide bonds. The van der Waals surface area contributed by atoms with Crippen LogP contribution in [0.4, 0.5) is 5.13 Å². The first-order valence-electron chi connectivity index (χ1n) is 7.37. The predicted molar refractivity (Wildman–Crippen MR) is 107 cm³/mol. The highest BCUT2D eigenvalue weighted by atomic mass is 32.2. The van der Waals surface area contributed by atoms with Crippen LogP contribution in [0.3, 0.4) is 0 Å². The average Bonchev–Trinajstić information content (AvgIpc) is 3.08. The molecule has 0 aliphatic rings. The van der Waals surface area contributed by atoms with Crippen molar-refractivity contribution in [2.45, 2.75) is 6.92 Å². The zero-order chi connectivity index (χ0) is 17.4. The third-order valence-electron chi connectivity index (χ3n) is 2.98. The molecule has 0 fully saturated rings. The molecule has 0 saturated heterocycles. The Balaban J connectivity index is 2.10. The summed E-state index contributed by atoms with van der Waals surface area (Å²) >= 11 is 7.70. The minimum absolute atomic E-state index is 0.0732. The molecule has 0 aliphatic carbocycles. The van der Waals surface area contributed by atoms with E-state index in [2.05, 4.69) is 11.6 Å². The molecule has 126 valence electrons. The number of thioether (sulfide) groups is 1. The molecule has 0 radical (unpaired) electrons. The number of nitrogens with zero attached hydrogens (tertiary/aromatic N) is 2. The normalized spacial score (nSPS) is 10.2. The highest BCUT2D eigenvalue weighted by Gasteiger charge is 2.19. The molecule has 0 N–H and O–H groups in total. The van der Waals surface area contributed by atoms with Crippen LogP contribution in [0.25, 0.3) is 11.3 Å². The van der Waals surface area contributed by atoms with Crippen LogP contribution >= 0.6 is 35.3 Å². The van der Waals surface area contributed by atoms with Crippen LogP contribution in [0.1, 0.15) is 6.92 Å². The molecule has 4 nitrogen and oxygen atoms in total. The van der Waals surface area contributed by atoms with Crippen LogP contribution in [-0.4, -0.2) is 34.2 Å². The highest BCUT2D eigenvalue weighted by molar-refractivity contribution is 8.23. The van der Waals surface area contributed by atoms with Crippen molar-refractivity contribution in [2.75, 3.05) is 23.8 Å². The van der Waals surface area contributed by atoms with E-state index >= 15 is 0 Å². The molecule has 2 rings (SSSR count).